The minimum atomic E-state index is -5.69. The Balaban J connectivity index is 0. The van der Waals surface area contributed by atoms with E-state index in [9.17, 15) is 30.6 Å². The standard InChI is InChI=1S/C2F6NOS.C2H3N/c3-1(4,5)9(11-10)2(6,7)8;1-2-3/h;1H3/q+1;. The number of alkyl halides is 6. The van der Waals surface area contributed by atoms with Gasteiger partial charge < -0.3 is 0 Å². The quantitative estimate of drug-likeness (QED) is 0.306. The molecule has 0 saturated heterocycles. The van der Waals surface area contributed by atoms with Crippen LogP contribution in [-0.4, -0.2) is 16.9 Å². The molecule has 0 bridgehead atoms. The van der Waals surface area contributed by atoms with Crippen molar-refractivity contribution in [2.24, 2.45) is 0 Å². The van der Waals surface area contributed by atoms with Crippen molar-refractivity contribution in [3.8, 4) is 6.07 Å². The van der Waals surface area contributed by atoms with Crippen molar-refractivity contribution in [1.29, 1.82) is 5.26 Å². The first-order chi connectivity index (χ1) is 6.11. The predicted octanol–water partition coefficient (Wildman–Crippen LogP) is 2.20. The molecule has 0 rings (SSSR count). The number of nitrogens with zero attached hydrogens (tertiary/aromatic N) is 2. The van der Waals surface area contributed by atoms with Gasteiger partial charge in [0.15, 0.2) is 4.31 Å². The Hall–Kier alpha value is -0.950. The fourth-order valence-electron chi connectivity index (χ4n) is 0.228. The molecule has 0 radical (unpaired) electrons. The van der Waals surface area contributed by atoms with Crippen molar-refractivity contribution in [3.63, 3.8) is 0 Å². The van der Waals surface area contributed by atoms with Crippen molar-refractivity contribution in [2.45, 2.75) is 19.5 Å². The molecular weight excluding hydrogens is 238 g/mol. The van der Waals surface area contributed by atoms with E-state index in [0.29, 0.717) is 0 Å². The smallest absolute Gasteiger partial charge is 0.199 e. The Labute approximate surface area is 78.5 Å². The van der Waals surface area contributed by atoms with Crippen LogP contribution in [0.4, 0.5) is 26.3 Å². The SMILES string of the molecule is CC#N.O=[S+]N(C(F)(F)F)C(F)(F)F. The molecule has 0 aromatic rings. The topological polar surface area (TPSA) is 44.1 Å². The summed E-state index contributed by atoms with van der Waals surface area (Å²) in [4.78, 5) is 0. The Bertz CT molecular complexity index is 203. The molecule has 0 unspecified atom stereocenters. The van der Waals surface area contributed by atoms with E-state index in [0.717, 1.165) is 0 Å². The summed E-state index contributed by atoms with van der Waals surface area (Å²) in [6.07, 6.45) is -11.4. The molecule has 14 heavy (non-hydrogen) atoms. The van der Waals surface area contributed by atoms with Gasteiger partial charge in [0.2, 0.25) is 0 Å². The van der Waals surface area contributed by atoms with Crippen molar-refractivity contribution in [2.75, 3.05) is 0 Å². The summed E-state index contributed by atoms with van der Waals surface area (Å²) in [6, 6.07) is 1.75. The van der Waals surface area contributed by atoms with Gasteiger partial charge in [-0.1, -0.05) is 0 Å². The van der Waals surface area contributed by atoms with Crippen LogP contribution in [-0.2, 0) is 16.1 Å². The second-order valence-electron chi connectivity index (χ2n) is 1.53. The first-order valence-electron chi connectivity index (χ1n) is 2.65. The molecule has 82 valence electrons. The van der Waals surface area contributed by atoms with Gasteiger partial charge >= 0.3 is 24.5 Å². The van der Waals surface area contributed by atoms with Crippen molar-refractivity contribution in [3.05, 3.63) is 0 Å². The molecule has 0 aliphatic carbocycles. The summed E-state index contributed by atoms with van der Waals surface area (Å²) in [6.45, 7) is 1.43. The monoisotopic (exact) mass is 241 g/mol. The van der Waals surface area contributed by atoms with Crippen LogP contribution in [0.2, 0.25) is 0 Å². The third-order valence-corrected chi connectivity index (χ3v) is 1.10. The third-order valence-electron chi connectivity index (χ3n) is 0.535. The van der Waals surface area contributed by atoms with Gasteiger partial charge in [-0.2, -0.15) is 31.6 Å². The summed E-state index contributed by atoms with van der Waals surface area (Å²) in [5, 5.41) is 7.32. The van der Waals surface area contributed by atoms with Crippen LogP contribution >= 0.6 is 0 Å². The van der Waals surface area contributed by atoms with Gasteiger partial charge in [-0.05, 0) is 0 Å². The highest BCUT2D eigenvalue weighted by atomic mass is 32.2. The molecule has 0 aliphatic heterocycles. The van der Waals surface area contributed by atoms with E-state index < -0.39 is 28.8 Å². The highest BCUT2D eigenvalue weighted by Gasteiger charge is 2.65. The zero-order chi connectivity index (χ0) is 12.0. The van der Waals surface area contributed by atoms with E-state index >= 15 is 0 Å². The molecule has 0 atom stereocenters. The molecule has 0 amide bonds. The van der Waals surface area contributed by atoms with Gasteiger partial charge in [0.25, 0.3) is 0 Å². The van der Waals surface area contributed by atoms with Crippen LogP contribution < -0.4 is 0 Å². The van der Waals surface area contributed by atoms with Crippen molar-refractivity contribution >= 4 is 11.9 Å². The Morgan fingerprint density at radius 2 is 1.36 bits per heavy atom. The lowest BCUT2D eigenvalue weighted by molar-refractivity contribution is -0.331. The van der Waals surface area contributed by atoms with Gasteiger partial charge in [-0.25, -0.2) is 0 Å². The molecule has 0 heterocycles. The molecule has 0 N–H and O–H groups in total. The van der Waals surface area contributed by atoms with Gasteiger partial charge in [-0.3, -0.25) is 0 Å². The third kappa shape index (κ3) is 6.55. The van der Waals surface area contributed by atoms with Gasteiger partial charge in [0.1, 0.15) is 0 Å². The maximum atomic E-state index is 11.2. The second kappa shape index (κ2) is 5.71. The summed E-state index contributed by atoms with van der Waals surface area (Å²) in [7, 11) is 0. The van der Waals surface area contributed by atoms with Crippen molar-refractivity contribution < 1.29 is 30.6 Å². The Kier molecular flexibility index (Phi) is 6.33. The average molecular weight is 241 g/mol. The molecular formula is C4H3F6N2OS+. The summed E-state index contributed by atoms with van der Waals surface area (Å²) in [5.74, 6) is 0. The lowest BCUT2D eigenvalue weighted by atomic mass is 11.0. The summed E-state index contributed by atoms with van der Waals surface area (Å²) in [5.41, 5.74) is 0. The zero-order valence-corrected chi connectivity index (χ0v) is 7.30. The largest absolute Gasteiger partial charge is 0.608 e. The molecule has 10 heteroatoms. The normalized spacial score (nSPS) is 11.4. The van der Waals surface area contributed by atoms with E-state index in [1.54, 1.807) is 6.07 Å². The summed E-state index contributed by atoms with van der Waals surface area (Å²) < 4.78 is 74.4. The highest BCUT2D eigenvalue weighted by Crippen LogP contribution is 2.32. The zero-order valence-electron chi connectivity index (χ0n) is 6.48. The average Bonchev–Trinajstić information content (AvgIpc) is 1.82. The van der Waals surface area contributed by atoms with E-state index in [2.05, 4.69) is 0 Å². The molecule has 0 spiro atoms. The number of nitriles is 1. The van der Waals surface area contributed by atoms with Crippen LogP contribution in [0, 0.1) is 11.3 Å². The van der Waals surface area contributed by atoms with Crippen molar-refractivity contribution in [1.82, 2.24) is 4.31 Å². The number of hydrogen-bond acceptors (Lipinski definition) is 2. The van der Waals surface area contributed by atoms with E-state index in [4.69, 9.17) is 5.26 Å². The molecule has 0 aliphatic rings. The van der Waals surface area contributed by atoms with Gasteiger partial charge in [0.05, 0.1) is 10.3 Å². The number of rotatable bonds is 1. The fourth-order valence-corrected chi connectivity index (χ4v) is 0.397. The fraction of sp³-hybridized carbons (Fsp3) is 0.750. The minimum Gasteiger partial charge on any atom is -0.199 e. The number of halogens is 6. The first-order valence-corrected chi connectivity index (χ1v) is 3.35. The first kappa shape index (κ1) is 15.5. The maximum absolute atomic E-state index is 11.2. The minimum absolute atomic E-state index is 1.43. The molecule has 0 aromatic carbocycles. The highest BCUT2D eigenvalue weighted by molar-refractivity contribution is 7.62. The van der Waals surface area contributed by atoms with Crippen LogP contribution in [0.5, 0.6) is 0 Å². The molecule has 0 aromatic heterocycles. The maximum Gasteiger partial charge on any atom is 0.608 e. The van der Waals surface area contributed by atoms with Crippen LogP contribution in [0.15, 0.2) is 0 Å². The van der Waals surface area contributed by atoms with Gasteiger partial charge in [-0.15, -0.1) is 0 Å². The molecule has 0 fully saturated rings. The Morgan fingerprint density at radius 1 is 1.14 bits per heavy atom. The molecule has 3 nitrogen and oxygen atoms in total. The van der Waals surface area contributed by atoms with Crippen LogP contribution in [0.3, 0.4) is 0 Å². The Morgan fingerprint density at radius 3 is 1.36 bits per heavy atom. The predicted molar refractivity (Wildman–Crippen MR) is 33.3 cm³/mol. The van der Waals surface area contributed by atoms with Gasteiger partial charge in [0, 0.05) is 6.92 Å². The lowest BCUT2D eigenvalue weighted by Gasteiger charge is -2.09. The summed E-state index contributed by atoms with van der Waals surface area (Å²) >= 11 is -1.68. The second-order valence-corrected chi connectivity index (χ2v) is 2.04. The van der Waals surface area contributed by atoms with Crippen LogP contribution in [0.1, 0.15) is 6.92 Å². The van der Waals surface area contributed by atoms with E-state index in [-0.39, 0.29) is 0 Å². The molecule has 0 saturated carbocycles. The van der Waals surface area contributed by atoms with Crippen LogP contribution in [0.25, 0.3) is 0 Å². The van der Waals surface area contributed by atoms with E-state index in [1.807, 2.05) is 0 Å². The lowest BCUT2D eigenvalue weighted by Crippen LogP contribution is -2.44. The van der Waals surface area contributed by atoms with E-state index in [1.165, 1.54) is 6.92 Å². The number of hydrogen-bond donors (Lipinski definition) is 0.